The molecule has 3 N–H and O–H groups in total. The van der Waals surface area contributed by atoms with Crippen molar-refractivity contribution in [3.8, 4) is 0 Å². The predicted molar refractivity (Wildman–Crippen MR) is 80.8 cm³/mol. The molecule has 1 aliphatic rings. The second-order valence-corrected chi connectivity index (χ2v) is 5.72. The summed E-state index contributed by atoms with van der Waals surface area (Å²) in [6, 6.07) is 9.67. The third kappa shape index (κ3) is 3.58. The van der Waals surface area contributed by atoms with E-state index in [1.54, 1.807) is 0 Å². The van der Waals surface area contributed by atoms with Crippen molar-refractivity contribution in [2.24, 2.45) is 5.84 Å². The van der Waals surface area contributed by atoms with Gasteiger partial charge in [0.1, 0.15) is 0 Å². The number of rotatable bonds is 5. The van der Waals surface area contributed by atoms with Crippen LogP contribution in [0.5, 0.6) is 0 Å². The number of nitrogens with two attached hydrogens (primary N) is 1. The van der Waals surface area contributed by atoms with Gasteiger partial charge in [0, 0.05) is 18.6 Å². The second-order valence-electron chi connectivity index (χ2n) is 5.72. The van der Waals surface area contributed by atoms with Crippen molar-refractivity contribution >= 4 is 5.91 Å². The van der Waals surface area contributed by atoms with Crippen molar-refractivity contribution in [3.63, 3.8) is 0 Å². The molecule has 0 saturated carbocycles. The molecule has 0 aliphatic carbocycles. The molecule has 0 bridgehead atoms. The molecule has 1 aromatic rings. The maximum Gasteiger partial charge on any atom is 0.238 e. The molecule has 1 amide bonds. The Morgan fingerprint density at radius 2 is 1.95 bits per heavy atom. The van der Waals surface area contributed by atoms with Gasteiger partial charge in [0.25, 0.3) is 0 Å². The van der Waals surface area contributed by atoms with Crippen LogP contribution < -0.4 is 11.3 Å². The minimum absolute atomic E-state index is 0.156. The first-order valence-electron chi connectivity index (χ1n) is 7.47. The minimum Gasteiger partial charge on any atom is -0.294 e. The van der Waals surface area contributed by atoms with E-state index in [0.717, 1.165) is 12.1 Å². The molecule has 0 spiro atoms. The molecule has 4 heteroatoms. The lowest BCUT2D eigenvalue weighted by Crippen LogP contribution is -2.33. The molecular weight excluding hydrogens is 250 g/mol. The highest BCUT2D eigenvalue weighted by molar-refractivity contribution is 5.77. The Labute approximate surface area is 121 Å². The van der Waals surface area contributed by atoms with Gasteiger partial charge in [-0.05, 0) is 37.3 Å². The summed E-state index contributed by atoms with van der Waals surface area (Å²) in [7, 11) is 0. The topological polar surface area (TPSA) is 58.4 Å². The lowest BCUT2D eigenvalue weighted by Gasteiger charge is -2.27. The number of benzene rings is 1. The molecule has 1 saturated heterocycles. The van der Waals surface area contributed by atoms with Crippen LogP contribution in [0.2, 0.25) is 0 Å². The predicted octanol–water partition coefficient (Wildman–Crippen LogP) is 1.98. The quantitative estimate of drug-likeness (QED) is 0.491. The number of amides is 1. The highest BCUT2D eigenvalue weighted by Gasteiger charge is 2.28. The molecule has 4 nitrogen and oxygen atoms in total. The van der Waals surface area contributed by atoms with Gasteiger partial charge in [-0.15, -0.1) is 0 Å². The van der Waals surface area contributed by atoms with E-state index in [1.165, 1.54) is 24.8 Å². The van der Waals surface area contributed by atoms with Crippen molar-refractivity contribution in [3.05, 3.63) is 35.4 Å². The Balaban J connectivity index is 1.98. The van der Waals surface area contributed by atoms with E-state index < -0.39 is 0 Å². The lowest BCUT2D eigenvalue weighted by atomic mass is 10.1. The Morgan fingerprint density at radius 1 is 1.30 bits per heavy atom. The van der Waals surface area contributed by atoms with Crippen molar-refractivity contribution < 1.29 is 4.79 Å². The average Bonchev–Trinajstić information content (AvgIpc) is 2.81. The zero-order valence-corrected chi connectivity index (χ0v) is 12.4. The first-order chi connectivity index (χ1) is 9.63. The van der Waals surface area contributed by atoms with Gasteiger partial charge >= 0.3 is 0 Å². The van der Waals surface area contributed by atoms with E-state index in [-0.39, 0.29) is 5.91 Å². The molecule has 2 atom stereocenters. The highest BCUT2D eigenvalue weighted by Crippen LogP contribution is 2.27. The molecule has 2 unspecified atom stereocenters. The summed E-state index contributed by atoms with van der Waals surface area (Å²) in [4.78, 5) is 13.8. The van der Waals surface area contributed by atoms with E-state index in [9.17, 15) is 4.79 Å². The standard InChI is InChI=1S/C16H25N3O/c1-3-15-9-4-12(2)19(15)11-14-7-5-13(6-8-14)10-16(20)18-17/h5-8,12,15H,3-4,9-11,17H2,1-2H3,(H,18,20). The van der Waals surface area contributed by atoms with Crippen molar-refractivity contribution in [2.75, 3.05) is 0 Å². The highest BCUT2D eigenvalue weighted by atomic mass is 16.2. The number of nitrogens with zero attached hydrogens (tertiary/aromatic N) is 1. The van der Waals surface area contributed by atoms with E-state index in [1.807, 2.05) is 12.1 Å². The average molecular weight is 275 g/mol. The largest absolute Gasteiger partial charge is 0.294 e. The molecule has 2 rings (SSSR count). The van der Waals surface area contributed by atoms with Gasteiger partial charge in [-0.3, -0.25) is 15.1 Å². The van der Waals surface area contributed by atoms with Crippen molar-refractivity contribution in [1.82, 2.24) is 10.3 Å². The molecule has 1 aliphatic heterocycles. The number of hydrogen-bond donors (Lipinski definition) is 2. The summed E-state index contributed by atoms with van der Waals surface area (Å²) in [6.45, 7) is 5.59. The maximum absolute atomic E-state index is 11.2. The first-order valence-corrected chi connectivity index (χ1v) is 7.47. The summed E-state index contributed by atoms with van der Waals surface area (Å²) < 4.78 is 0. The van der Waals surface area contributed by atoms with Gasteiger partial charge in [-0.2, -0.15) is 0 Å². The van der Waals surface area contributed by atoms with Crippen LogP contribution in [-0.4, -0.2) is 22.9 Å². The van der Waals surface area contributed by atoms with Gasteiger partial charge < -0.3 is 0 Å². The normalized spacial score (nSPS) is 22.9. The van der Waals surface area contributed by atoms with Crippen molar-refractivity contribution in [1.29, 1.82) is 0 Å². The Bertz CT molecular complexity index is 444. The van der Waals surface area contributed by atoms with Crippen LogP contribution in [0.4, 0.5) is 0 Å². The SMILES string of the molecule is CCC1CCC(C)N1Cc1ccc(CC(=O)NN)cc1. The van der Waals surface area contributed by atoms with Crippen LogP contribution in [0.1, 0.15) is 44.2 Å². The van der Waals surface area contributed by atoms with Gasteiger partial charge in [0.2, 0.25) is 5.91 Å². The molecule has 1 heterocycles. The molecule has 110 valence electrons. The Kier molecular flexibility index (Phi) is 5.15. The van der Waals surface area contributed by atoms with Gasteiger partial charge in [0.05, 0.1) is 6.42 Å². The van der Waals surface area contributed by atoms with Gasteiger partial charge in [-0.25, -0.2) is 5.84 Å². The van der Waals surface area contributed by atoms with Crippen LogP contribution in [0, 0.1) is 0 Å². The molecule has 1 fully saturated rings. The Hall–Kier alpha value is -1.39. The van der Waals surface area contributed by atoms with E-state index in [0.29, 0.717) is 18.5 Å². The number of hydrazine groups is 1. The fourth-order valence-electron chi connectivity index (χ4n) is 3.06. The summed E-state index contributed by atoms with van der Waals surface area (Å²) in [5, 5.41) is 0. The maximum atomic E-state index is 11.2. The molecule has 20 heavy (non-hydrogen) atoms. The number of carbonyl (C=O) groups excluding carboxylic acids is 1. The molecule has 0 aromatic heterocycles. The third-order valence-corrected chi connectivity index (χ3v) is 4.34. The van der Waals surface area contributed by atoms with Gasteiger partial charge in [0.15, 0.2) is 0 Å². The third-order valence-electron chi connectivity index (χ3n) is 4.34. The first kappa shape index (κ1) is 15.0. The monoisotopic (exact) mass is 275 g/mol. The van der Waals surface area contributed by atoms with E-state index >= 15 is 0 Å². The fourth-order valence-corrected chi connectivity index (χ4v) is 3.06. The molecule has 1 aromatic carbocycles. The van der Waals surface area contributed by atoms with Crippen LogP contribution in [0.25, 0.3) is 0 Å². The molecular formula is C16H25N3O. The summed E-state index contributed by atoms with van der Waals surface area (Å²) >= 11 is 0. The zero-order chi connectivity index (χ0) is 14.5. The van der Waals surface area contributed by atoms with Crippen LogP contribution >= 0.6 is 0 Å². The van der Waals surface area contributed by atoms with Crippen molar-refractivity contribution in [2.45, 2.75) is 58.2 Å². The Morgan fingerprint density at radius 3 is 2.55 bits per heavy atom. The van der Waals surface area contributed by atoms with Gasteiger partial charge in [-0.1, -0.05) is 31.2 Å². The van der Waals surface area contributed by atoms with E-state index in [2.05, 4.69) is 36.3 Å². The van der Waals surface area contributed by atoms with Crippen LogP contribution in [-0.2, 0) is 17.8 Å². The molecule has 0 radical (unpaired) electrons. The zero-order valence-electron chi connectivity index (χ0n) is 12.4. The fraction of sp³-hybridized carbons (Fsp3) is 0.562. The van der Waals surface area contributed by atoms with Crippen LogP contribution in [0.3, 0.4) is 0 Å². The minimum atomic E-state index is -0.156. The van der Waals surface area contributed by atoms with Crippen LogP contribution in [0.15, 0.2) is 24.3 Å². The summed E-state index contributed by atoms with van der Waals surface area (Å²) in [6.07, 6.45) is 4.17. The smallest absolute Gasteiger partial charge is 0.238 e. The number of hydrogen-bond acceptors (Lipinski definition) is 3. The number of carbonyl (C=O) groups is 1. The summed E-state index contributed by atoms with van der Waals surface area (Å²) in [5.41, 5.74) is 4.47. The summed E-state index contributed by atoms with van der Waals surface area (Å²) in [5.74, 6) is 4.94. The number of likely N-dealkylation sites (tertiary alicyclic amines) is 1. The lowest BCUT2D eigenvalue weighted by molar-refractivity contribution is -0.120. The second kappa shape index (κ2) is 6.86. The number of nitrogens with one attached hydrogen (secondary N) is 1. The van der Waals surface area contributed by atoms with E-state index in [4.69, 9.17) is 5.84 Å².